The number of nitrogens with zero attached hydrogens (tertiary/aromatic N) is 2. The molecule has 1 aliphatic carbocycles. The fraction of sp³-hybridized carbons (Fsp3) is 0.316. The van der Waals surface area contributed by atoms with Crippen LogP contribution in [0.1, 0.15) is 26.2 Å². The lowest BCUT2D eigenvalue weighted by molar-refractivity contribution is -0.105. The van der Waals surface area contributed by atoms with Crippen molar-refractivity contribution in [1.29, 1.82) is 0 Å². The number of carbonyl (C=O) groups excluding carboxylic acids is 1. The molecule has 0 unspecified atom stereocenters. The number of ether oxygens (including phenoxy) is 2. The van der Waals surface area contributed by atoms with E-state index >= 15 is 0 Å². The number of pyridine rings is 2. The summed E-state index contributed by atoms with van der Waals surface area (Å²) in [4.78, 5) is 21.8. The number of anilines is 1. The summed E-state index contributed by atoms with van der Waals surface area (Å²) in [7, 11) is 1.46. The molecule has 3 aromatic heterocycles. The zero-order valence-corrected chi connectivity index (χ0v) is 15.2. The molecule has 0 aromatic carbocycles. The Kier molecular flexibility index (Phi) is 5.85. The number of nitrogens with one attached hydrogen (secondary N) is 2. The fourth-order valence-corrected chi connectivity index (χ4v) is 2.49. The number of rotatable bonds is 6. The van der Waals surface area contributed by atoms with E-state index in [-0.39, 0.29) is 11.6 Å². The Morgan fingerprint density at radius 1 is 1.33 bits per heavy atom. The molecule has 27 heavy (non-hydrogen) atoms. The maximum absolute atomic E-state index is 14.2. The number of fused-ring (bicyclic) bond motifs is 1. The van der Waals surface area contributed by atoms with Gasteiger partial charge in [0.15, 0.2) is 11.6 Å². The van der Waals surface area contributed by atoms with Gasteiger partial charge in [-0.2, -0.15) is 0 Å². The second-order valence-electron chi connectivity index (χ2n) is 5.87. The van der Waals surface area contributed by atoms with Crippen molar-refractivity contribution < 1.29 is 18.7 Å². The Morgan fingerprint density at radius 2 is 2.11 bits per heavy atom. The maximum atomic E-state index is 14.2. The number of hydrogen-bond donors (Lipinski definition) is 2. The van der Waals surface area contributed by atoms with E-state index in [0.717, 1.165) is 11.6 Å². The molecule has 142 valence electrons. The molecule has 0 saturated heterocycles. The standard InChI is InChI=1S/C16H15FN4O3.C3H6/c1-3-24-14-11(17)7-19-16(23-2)13(14)10-6-18-15-9(10)4-5-12(21-15)20-8-22;1-2-3-1/h4-8H,3H2,1-2H3,(H2,18,20,21,22);1-3H2. The number of hydrogen-bond acceptors (Lipinski definition) is 5. The number of aromatic amines is 1. The Balaban J connectivity index is 0.000000637. The summed E-state index contributed by atoms with van der Waals surface area (Å²) in [5.41, 5.74) is 1.58. The first kappa shape index (κ1) is 18.6. The van der Waals surface area contributed by atoms with Crippen LogP contribution in [0.4, 0.5) is 10.2 Å². The second-order valence-corrected chi connectivity index (χ2v) is 5.87. The van der Waals surface area contributed by atoms with Gasteiger partial charge >= 0.3 is 0 Å². The number of aromatic nitrogens is 3. The lowest BCUT2D eigenvalue weighted by Crippen LogP contribution is -2.01. The molecule has 1 amide bonds. The lowest BCUT2D eigenvalue weighted by atomic mass is 10.1. The minimum atomic E-state index is -0.575. The van der Waals surface area contributed by atoms with E-state index in [9.17, 15) is 9.18 Å². The number of carbonyl (C=O) groups is 1. The Labute approximate surface area is 155 Å². The van der Waals surface area contributed by atoms with E-state index in [1.54, 1.807) is 25.3 Å². The molecule has 3 aromatic rings. The summed E-state index contributed by atoms with van der Waals surface area (Å²) in [6, 6.07) is 3.41. The zero-order chi connectivity index (χ0) is 19.2. The zero-order valence-electron chi connectivity index (χ0n) is 15.2. The van der Waals surface area contributed by atoms with Gasteiger partial charge in [0, 0.05) is 17.1 Å². The molecular formula is C19H21FN4O3. The molecule has 4 rings (SSSR count). The van der Waals surface area contributed by atoms with Gasteiger partial charge in [-0.15, -0.1) is 0 Å². The average molecular weight is 372 g/mol. The van der Waals surface area contributed by atoms with Gasteiger partial charge in [0.2, 0.25) is 12.3 Å². The number of amides is 1. The molecule has 8 heteroatoms. The van der Waals surface area contributed by atoms with Gasteiger partial charge in [-0.05, 0) is 19.1 Å². The highest BCUT2D eigenvalue weighted by atomic mass is 19.1. The number of methoxy groups -OCH3 is 1. The lowest BCUT2D eigenvalue weighted by Gasteiger charge is -2.13. The predicted octanol–water partition coefficient (Wildman–Crippen LogP) is 3.91. The molecule has 0 atom stereocenters. The summed E-state index contributed by atoms with van der Waals surface area (Å²) in [6.45, 7) is 2.06. The van der Waals surface area contributed by atoms with Crippen LogP contribution in [-0.4, -0.2) is 35.1 Å². The Bertz CT molecular complexity index is 937. The van der Waals surface area contributed by atoms with E-state index in [1.807, 2.05) is 0 Å². The van der Waals surface area contributed by atoms with Crippen molar-refractivity contribution >= 4 is 23.3 Å². The minimum Gasteiger partial charge on any atom is -0.490 e. The minimum absolute atomic E-state index is 0.0698. The van der Waals surface area contributed by atoms with Crippen LogP contribution in [0.5, 0.6) is 11.6 Å². The third kappa shape index (κ3) is 4.16. The normalized spacial score (nSPS) is 12.1. The summed E-state index contributed by atoms with van der Waals surface area (Å²) < 4.78 is 24.9. The highest BCUT2D eigenvalue weighted by Gasteiger charge is 2.22. The van der Waals surface area contributed by atoms with Crippen molar-refractivity contribution in [1.82, 2.24) is 15.0 Å². The molecule has 0 spiro atoms. The van der Waals surface area contributed by atoms with Gasteiger partial charge in [-0.1, -0.05) is 19.3 Å². The van der Waals surface area contributed by atoms with Crippen LogP contribution in [0.15, 0.2) is 24.5 Å². The summed E-state index contributed by atoms with van der Waals surface area (Å²) in [5, 5.41) is 3.20. The molecule has 0 radical (unpaired) electrons. The van der Waals surface area contributed by atoms with Crippen molar-refractivity contribution in [2.24, 2.45) is 0 Å². The van der Waals surface area contributed by atoms with Crippen LogP contribution in [0.3, 0.4) is 0 Å². The van der Waals surface area contributed by atoms with Gasteiger partial charge in [-0.25, -0.2) is 14.4 Å². The first-order valence-electron chi connectivity index (χ1n) is 8.73. The van der Waals surface area contributed by atoms with Gasteiger partial charge in [0.1, 0.15) is 11.5 Å². The molecular weight excluding hydrogens is 351 g/mol. The SMILES string of the molecule is C1CC1.CCOc1c(F)cnc(OC)c1-c1c[nH]c2nc(NC=O)ccc12. The van der Waals surface area contributed by atoms with E-state index < -0.39 is 5.82 Å². The molecule has 3 heterocycles. The van der Waals surface area contributed by atoms with Crippen LogP contribution in [0, 0.1) is 5.82 Å². The largest absolute Gasteiger partial charge is 0.490 e. The van der Waals surface area contributed by atoms with Gasteiger partial charge in [0.05, 0.1) is 25.5 Å². The Hall–Kier alpha value is -3.16. The smallest absolute Gasteiger partial charge is 0.225 e. The van der Waals surface area contributed by atoms with Crippen LogP contribution in [-0.2, 0) is 4.79 Å². The number of halogens is 1. The van der Waals surface area contributed by atoms with Crippen LogP contribution < -0.4 is 14.8 Å². The van der Waals surface area contributed by atoms with Gasteiger partial charge in [0.25, 0.3) is 0 Å². The third-order valence-electron chi connectivity index (χ3n) is 3.80. The van der Waals surface area contributed by atoms with Crippen molar-refractivity contribution in [3.8, 4) is 22.8 Å². The van der Waals surface area contributed by atoms with E-state index in [1.165, 1.54) is 26.4 Å². The summed E-state index contributed by atoms with van der Waals surface area (Å²) in [6.07, 6.45) is 7.78. The molecule has 1 aliphatic rings. The van der Waals surface area contributed by atoms with Crippen LogP contribution >= 0.6 is 0 Å². The second kappa shape index (κ2) is 8.48. The van der Waals surface area contributed by atoms with E-state index in [0.29, 0.717) is 35.6 Å². The third-order valence-corrected chi connectivity index (χ3v) is 3.80. The fourth-order valence-electron chi connectivity index (χ4n) is 2.49. The topological polar surface area (TPSA) is 89.1 Å². The summed E-state index contributed by atoms with van der Waals surface area (Å²) in [5.74, 6) is 0.144. The van der Waals surface area contributed by atoms with Gasteiger partial charge < -0.3 is 19.8 Å². The molecule has 1 saturated carbocycles. The molecule has 2 N–H and O–H groups in total. The monoisotopic (exact) mass is 372 g/mol. The van der Waals surface area contributed by atoms with E-state index in [4.69, 9.17) is 9.47 Å². The summed E-state index contributed by atoms with van der Waals surface area (Å²) >= 11 is 0. The Morgan fingerprint density at radius 3 is 2.74 bits per heavy atom. The highest BCUT2D eigenvalue weighted by Crippen LogP contribution is 2.41. The van der Waals surface area contributed by atoms with Crippen molar-refractivity contribution in [3.63, 3.8) is 0 Å². The van der Waals surface area contributed by atoms with Crippen molar-refractivity contribution in [2.75, 3.05) is 19.0 Å². The predicted molar refractivity (Wildman–Crippen MR) is 101 cm³/mol. The number of H-pyrrole nitrogens is 1. The van der Waals surface area contributed by atoms with Crippen molar-refractivity contribution in [2.45, 2.75) is 26.2 Å². The molecule has 0 aliphatic heterocycles. The quantitative estimate of drug-likeness (QED) is 0.641. The molecule has 1 fully saturated rings. The molecule has 7 nitrogen and oxygen atoms in total. The highest BCUT2D eigenvalue weighted by molar-refractivity contribution is 5.97. The average Bonchev–Trinajstić information content (AvgIpc) is 3.51. The first-order chi connectivity index (χ1) is 13.2. The van der Waals surface area contributed by atoms with Crippen LogP contribution in [0.2, 0.25) is 0 Å². The maximum Gasteiger partial charge on any atom is 0.225 e. The molecule has 0 bridgehead atoms. The van der Waals surface area contributed by atoms with Crippen LogP contribution in [0.25, 0.3) is 22.2 Å². The van der Waals surface area contributed by atoms with E-state index in [2.05, 4.69) is 20.3 Å². The first-order valence-corrected chi connectivity index (χ1v) is 8.73. The van der Waals surface area contributed by atoms with Gasteiger partial charge in [-0.3, -0.25) is 4.79 Å². The van der Waals surface area contributed by atoms with Crippen molar-refractivity contribution in [3.05, 3.63) is 30.3 Å².